The Morgan fingerprint density at radius 3 is 2.14 bits per heavy atom. The fourth-order valence-corrected chi connectivity index (χ4v) is 3.95. The lowest BCUT2D eigenvalue weighted by Crippen LogP contribution is -2.41. The van der Waals surface area contributed by atoms with Crippen molar-refractivity contribution in [2.24, 2.45) is 0 Å². The second-order valence-corrected chi connectivity index (χ2v) is 7.14. The summed E-state index contributed by atoms with van der Waals surface area (Å²) in [5, 5.41) is 9.26. The van der Waals surface area contributed by atoms with Gasteiger partial charge in [-0.05, 0) is 12.8 Å². The molecule has 0 spiro atoms. The predicted octanol–water partition coefficient (Wildman–Crippen LogP) is 4.43. The number of alkyl halides is 1. The minimum absolute atomic E-state index is 0.116. The van der Waals surface area contributed by atoms with Crippen LogP contribution in [0.5, 0.6) is 0 Å². The van der Waals surface area contributed by atoms with Gasteiger partial charge in [0.1, 0.15) is 0 Å². The first-order valence-corrected chi connectivity index (χ1v) is 9.92. The topological polar surface area (TPSA) is 26.7 Å². The first-order valence-electron chi connectivity index (χ1n) is 9.49. The fraction of sp³-hybridized carbons (Fsp3) is 1.00. The number of nitrogens with zero attached hydrogens (tertiary/aromatic N) is 2. The second kappa shape index (κ2) is 12.6. The van der Waals surface area contributed by atoms with Crippen molar-refractivity contribution >= 4 is 11.6 Å². The van der Waals surface area contributed by atoms with Gasteiger partial charge in [-0.3, -0.25) is 9.80 Å². The number of unbranched alkanes of at least 4 members (excludes halogenated alkanes) is 7. The van der Waals surface area contributed by atoms with Crippen molar-refractivity contribution in [3.63, 3.8) is 0 Å². The van der Waals surface area contributed by atoms with E-state index in [1.807, 2.05) is 0 Å². The van der Waals surface area contributed by atoms with Crippen LogP contribution in [0.3, 0.4) is 0 Å². The zero-order valence-electron chi connectivity index (χ0n) is 14.8. The Kier molecular flexibility index (Phi) is 11.6. The summed E-state index contributed by atoms with van der Waals surface area (Å²) in [4.78, 5) is 4.80. The molecule has 132 valence electrons. The largest absolute Gasteiger partial charge is 0.395 e. The highest BCUT2D eigenvalue weighted by atomic mass is 35.5. The van der Waals surface area contributed by atoms with Gasteiger partial charge < -0.3 is 5.11 Å². The number of aliphatic hydroxyl groups is 1. The molecule has 1 aliphatic rings. The molecular weight excluding hydrogens is 296 g/mol. The first-order chi connectivity index (χ1) is 10.7. The van der Waals surface area contributed by atoms with Crippen molar-refractivity contribution in [1.82, 2.24) is 9.80 Å². The van der Waals surface area contributed by atoms with E-state index in [2.05, 4.69) is 23.6 Å². The van der Waals surface area contributed by atoms with Crippen LogP contribution in [0, 0.1) is 0 Å². The van der Waals surface area contributed by atoms with Gasteiger partial charge in [-0.2, -0.15) is 0 Å². The highest BCUT2D eigenvalue weighted by Crippen LogP contribution is 2.27. The molecule has 22 heavy (non-hydrogen) atoms. The fourth-order valence-electron chi connectivity index (χ4n) is 3.54. The SMILES string of the molecule is CCCCCCCCCCC1N(CCO)CC(Cl)N1CCC. The van der Waals surface area contributed by atoms with Gasteiger partial charge in [0.15, 0.2) is 0 Å². The minimum atomic E-state index is 0.116. The Hall–Kier alpha value is 0.170. The van der Waals surface area contributed by atoms with Gasteiger partial charge >= 0.3 is 0 Å². The van der Waals surface area contributed by atoms with E-state index < -0.39 is 0 Å². The van der Waals surface area contributed by atoms with Crippen molar-refractivity contribution < 1.29 is 5.11 Å². The third kappa shape index (κ3) is 7.16. The van der Waals surface area contributed by atoms with Crippen LogP contribution in [-0.4, -0.2) is 52.8 Å². The van der Waals surface area contributed by atoms with Crippen LogP contribution >= 0.6 is 11.6 Å². The molecule has 2 atom stereocenters. The summed E-state index contributed by atoms with van der Waals surface area (Å²) in [6, 6.07) is 0. The van der Waals surface area contributed by atoms with Gasteiger partial charge in [-0.25, -0.2) is 0 Å². The van der Waals surface area contributed by atoms with E-state index in [1.165, 1.54) is 57.8 Å². The highest BCUT2D eigenvalue weighted by molar-refractivity contribution is 6.20. The molecule has 1 fully saturated rings. The molecule has 0 radical (unpaired) electrons. The van der Waals surface area contributed by atoms with E-state index in [4.69, 9.17) is 11.6 Å². The van der Waals surface area contributed by atoms with Crippen LogP contribution in [0.1, 0.15) is 78.1 Å². The first kappa shape index (κ1) is 20.2. The maximum absolute atomic E-state index is 9.26. The molecule has 1 saturated heterocycles. The van der Waals surface area contributed by atoms with Gasteiger partial charge in [-0.1, -0.05) is 65.2 Å². The zero-order valence-corrected chi connectivity index (χ0v) is 15.5. The quantitative estimate of drug-likeness (QED) is 0.307. The Balaban J connectivity index is 2.24. The lowest BCUT2D eigenvalue weighted by atomic mass is 10.1. The highest BCUT2D eigenvalue weighted by Gasteiger charge is 2.36. The maximum Gasteiger partial charge on any atom is 0.0991 e. The Bertz CT molecular complexity index is 265. The molecular formula is C18H37ClN2O. The van der Waals surface area contributed by atoms with E-state index in [-0.39, 0.29) is 12.1 Å². The van der Waals surface area contributed by atoms with Crippen LogP contribution in [0.2, 0.25) is 0 Å². The van der Waals surface area contributed by atoms with Gasteiger partial charge in [0, 0.05) is 19.6 Å². The summed E-state index contributed by atoms with van der Waals surface area (Å²) >= 11 is 6.50. The standard InChI is InChI=1S/C18H37ClN2O/c1-3-5-6-7-8-9-10-11-12-18-20(14-15-22)16-17(19)21(18)13-4-2/h17-18,22H,3-16H2,1-2H3. The van der Waals surface area contributed by atoms with Crippen LogP contribution in [0.4, 0.5) is 0 Å². The number of aliphatic hydroxyl groups excluding tert-OH is 1. The summed E-state index contributed by atoms with van der Waals surface area (Å²) in [5.74, 6) is 0. The molecule has 0 saturated carbocycles. The number of hydrogen-bond donors (Lipinski definition) is 1. The van der Waals surface area contributed by atoms with Crippen LogP contribution in [0.25, 0.3) is 0 Å². The predicted molar refractivity (Wildman–Crippen MR) is 96.3 cm³/mol. The molecule has 2 unspecified atom stereocenters. The van der Waals surface area contributed by atoms with Crippen LogP contribution in [-0.2, 0) is 0 Å². The Morgan fingerprint density at radius 1 is 0.909 bits per heavy atom. The summed E-state index contributed by atoms with van der Waals surface area (Å²) in [6.45, 7) is 7.43. The molecule has 1 N–H and O–H groups in total. The summed E-state index contributed by atoms with van der Waals surface area (Å²) < 4.78 is 0. The number of β-amino-alcohol motifs (C(OH)–C–C–N with tert-alkyl or cyclic N) is 1. The molecule has 0 aromatic heterocycles. The van der Waals surface area contributed by atoms with E-state index >= 15 is 0 Å². The molecule has 0 amide bonds. The Labute approximate surface area is 143 Å². The third-order valence-corrected chi connectivity index (χ3v) is 5.12. The van der Waals surface area contributed by atoms with Crippen molar-refractivity contribution in [2.75, 3.05) is 26.2 Å². The van der Waals surface area contributed by atoms with Crippen LogP contribution < -0.4 is 0 Å². The van der Waals surface area contributed by atoms with E-state index in [9.17, 15) is 5.11 Å². The molecule has 1 rings (SSSR count). The van der Waals surface area contributed by atoms with Crippen molar-refractivity contribution in [3.8, 4) is 0 Å². The van der Waals surface area contributed by atoms with E-state index in [0.717, 1.165) is 26.1 Å². The maximum atomic E-state index is 9.26. The second-order valence-electron chi connectivity index (χ2n) is 6.64. The summed E-state index contributed by atoms with van der Waals surface area (Å²) in [7, 11) is 0. The van der Waals surface area contributed by atoms with Gasteiger partial charge in [0.05, 0.1) is 18.3 Å². The molecule has 0 aromatic carbocycles. The average Bonchev–Trinajstić information content (AvgIpc) is 2.79. The Morgan fingerprint density at radius 2 is 1.55 bits per heavy atom. The monoisotopic (exact) mass is 332 g/mol. The van der Waals surface area contributed by atoms with Gasteiger partial charge in [0.2, 0.25) is 0 Å². The summed E-state index contributed by atoms with van der Waals surface area (Å²) in [6.07, 6.45) is 13.7. The number of halogens is 1. The molecule has 0 aliphatic carbocycles. The lowest BCUT2D eigenvalue weighted by Gasteiger charge is -2.30. The van der Waals surface area contributed by atoms with Crippen LogP contribution in [0.15, 0.2) is 0 Å². The minimum Gasteiger partial charge on any atom is -0.395 e. The average molecular weight is 333 g/mol. The van der Waals surface area contributed by atoms with E-state index in [0.29, 0.717) is 6.17 Å². The molecule has 4 heteroatoms. The van der Waals surface area contributed by atoms with Gasteiger partial charge in [0.25, 0.3) is 0 Å². The molecule has 0 bridgehead atoms. The molecule has 1 aliphatic heterocycles. The number of rotatable bonds is 13. The van der Waals surface area contributed by atoms with Crippen molar-refractivity contribution in [1.29, 1.82) is 0 Å². The smallest absolute Gasteiger partial charge is 0.0991 e. The van der Waals surface area contributed by atoms with Gasteiger partial charge in [-0.15, -0.1) is 11.6 Å². The normalized spacial score (nSPS) is 23.5. The molecule has 0 aromatic rings. The van der Waals surface area contributed by atoms with Crippen molar-refractivity contribution in [3.05, 3.63) is 0 Å². The van der Waals surface area contributed by atoms with Crippen molar-refractivity contribution in [2.45, 2.75) is 89.7 Å². The number of hydrogen-bond acceptors (Lipinski definition) is 3. The summed E-state index contributed by atoms with van der Waals surface area (Å²) in [5.41, 5.74) is 0.116. The molecule has 1 heterocycles. The molecule has 3 nitrogen and oxygen atoms in total. The zero-order chi connectivity index (χ0) is 16.2. The third-order valence-electron chi connectivity index (χ3n) is 4.73. The van der Waals surface area contributed by atoms with E-state index in [1.54, 1.807) is 0 Å². The lowest BCUT2D eigenvalue weighted by molar-refractivity contribution is 0.102.